The van der Waals surface area contributed by atoms with E-state index in [1.54, 1.807) is 6.08 Å². The third-order valence-corrected chi connectivity index (χ3v) is 12.9. The number of carbonyl (C=O) groups excluding carboxylic acids is 2. The molecule has 6 heteroatoms. The fraction of sp³-hybridized carbons (Fsp3) is 0.862. The topological polar surface area (TPSA) is 95.9 Å². The molecule has 0 aliphatic rings. The molecule has 1 amide bonds. The Morgan fingerprint density at radius 3 is 1.22 bits per heavy atom. The van der Waals surface area contributed by atoms with Gasteiger partial charge in [0.05, 0.1) is 25.4 Å². The van der Waals surface area contributed by atoms with Crippen LogP contribution in [0.4, 0.5) is 0 Å². The van der Waals surface area contributed by atoms with Gasteiger partial charge >= 0.3 is 5.97 Å². The smallest absolute Gasteiger partial charge is 0.305 e. The summed E-state index contributed by atoms with van der Waals surface area (Å²) in [6, 6.07) is -0.637. The number of unbranched alkanes of at least 4 members (excludes halogenated alkanes) is 37. The molecule has 0 heterocycles. The number of aliphatic hydroxyl groups excluding tert-OH is 2. The highest BCUT2D eigenvalue weighted by Gasteiger charge is 2.18. The normalized spacial score (nSPS) is 12.9. The molecule has 3 N–H and O–H groups in total. The summed E-state index contributed by atoms with van der Waals surface area (Å²) in [4.78, 5) is 24.5. The Morgan fingerprint density at radius 1 is 0.438 bits per heavy atom. The van der Waals surface area contributed by atoms with Gasteiger partial charge in [0.25, 0.3) is 0 Å². The molecule has 2 atom stereocenters. The predicted octanol–water partition coefficient (Wildman–Crippen LogP) is 17.2. The van der Waals surface area contributed by atoms with Crippen LogP contribution in [0.3, 0.4) is 0 Å². The van der Waals surface area contributed by atoms with Crippen LogP contribution in [-0.2, 0) is 14.3 Å². The second-order valence-electron chi connectivity index (χ2n) is 19.3. The second-order valence-corrected chi connectivity index (χ2v) is 19.3. The third-order valence-electron chi connectivity index (χ3n) is 12.9. The standard InChI is InChI=1S/C58H109NO5/c1-3-5-7-9-11-13-15-17-19-20-21-23-26-30-34-38-42-46-50-56(61)55(54-60)59-57(62)51-47-43-39-35-31-27-24-25-29-33-37-41-45-49-53-64-58(63)52-48-44-40-36-32-28-22-18-16-14-12-10-8-6-4-2/h12,14,18,22,46,50,55-56,60-61H,3-11,13,15-17,19-21,23-45,47-49,51-54H2,1-2H3,(H,59,62)/b14-12-,22-18-,50-46+. The van der Waals surface area contributed by atoms with E-state index in [-0.39, 0.29) is 18.5 Å². The van der Waals surface area contributed by atoms with Gasteiger partial charge in [-0.3, -0.25) is 9.59 Å². The van der Waals surface area contributed by atoms with Crippen LogP contribution in [0.5, 0.6) is 0 Å². The van der Waals surface area contributed by atoms with E-state index in [1.807, 2.05) is 6.08 Å². The van der Waals surface area contributed by atoms with E-state index in [2.05, 4.69) is 43.5 Å². The molecule has 0 saturated heterocycles. The van der Waals surface area contributed by atoms with Crippen molar-refractivity contribution >= 4 is 11.9 Å². The zero-order valence-corrected chi connectivity index (χ0v) is 42.8. The van der Waals surface area contributed by atoms with Crippen LogP contribution >= 0.6 is 0 Å². The summed E-state index contributed by atoms with van der Waals surface area (Å²) in [6.07, 6.45) is 65.8. The molecule has 0 fully saturated rings. The van der Waals surface area contributed by atoms with Gasteiger partial charge in [0.2, 0.25) is 5.91 Å². The maximum atomic E-state index is 12.5. The summed E-state index contributed by atoms with van der Waals surface area (Å²) in [6.45, 7) is 4.86. The maximum absolute atomic E-state index is 12.5. The first-order valence-corrected chi connectivity index (χ1v) is 28.3. The Hall–Kier alpha value is -1.92. The SMILES string of the molecule is CCCCC/C=C\C/C=C\CCCCCCCC(=O)OCCCCCCCCCCCCCCCCC(=O)NC(CO)C(O)/C=C/CCCCCCCCCCCCCCCCCC. The lowest BCUT2D eigenvalue weighted by Crippen LogP contribution is -2.45. The summed E-state index contributed by atoms with van der Waals surface area (Å²) in [5.41, 5.74) is 0. The van der Waals surface area contributed by atoms with Gasteiger partial charge < -0.3 is 20.3 Å². The Bertz CT molecular complexity index is 1040. The Balaban J connectivity index is 3.49. The highest BCUT2D eigenvalue weighted by molar-refractivity contribution is 5.76. The molecule has 0 saturated carbocycles. The summed E-state index contributed by atoms with van der Waals surface area (Å²) in [7, 11) is 0. The minimum Gasteiger partial charge on any atom is -0.466 e. The fourth-order valence-corrected chi connectivity index (χ4v) is 8.55. The van der Waals surface area contributed by atoms with E-state index < -0.39 is 12.1 Å². The number of ether oxygens (including phenoxy) is 1. The minimum atomic E-state index is -0.853. The average Bonchev–Trinajstić information content (AvgIpc) is 3.29. The third kappa shape index (κ3) is 49.5. The molecule has 0 rings (SSSR count). The van der Waals surface area contributed by atoms with Gasteiger partial charge in [-0.25, -0.2) is 0 Å². The van der Waals surface area contributed by atoms with E-state index in [0.717, 1.165) is 64.2 Å². The molecule has 2 unspecified atom stereocenters. The van der Waals surface area contributed by atoms with Gasteiger partial charge in [-0.2, -0.15) is 0 Å². The molecule has 0 radical (unpaired) electrons. The Kier molecular flexibility index (Phi) is 52.1. The van der Waals surface area contributed by atoms with Crippen molar-refractivity contribution in [3.05, 3.63) is 36.5 Å². The molecule has 0 bridgehead atoms. The summed E-state index contributed by atoms with van der Waals surface area (Å²) in [5, 5.41) is 23.1. The molecule has 0 aromatic heterocycles. The van der Waals surface area contributed by atoms with Crippen molar-refractivity contribution in [2.45, 2.75) is 309 Å². The van der Waals surface area contributed by atoms with Crippen LogP contribution in [0, 0.1) is 0 Å². The van der Waals surface area contributed by atoms with Gasteiger partial charge in [-0.05, 0) is 64.2 Å². The van der Waals surface area contributed by atoms with Crippen molar-refractivity contribution < 1.29 is 24.5 Å². The molecule has 0 aromatic carbocycles. The molecule has 64 heavy (non-hydrogen) atoms. The predicted molar refractivity (Wildman–Crippen MR) is 278 cm³/mol. The first kappa shape index (κ1) is 62.1. The highest BCUT2D eigenvalue weighted by Crippen LogP contribution is 2.16. The van der Waals surface area contributed by atoms with E-state index >= 15 is 0 Å². The number of nitrogens with one attached hydrogen (secondary N) is 1. The molecule has 0 aliphatic carbocycles. The quantitative estimate of drug-likeness (QED) is 0.0321. The Labute approximate surface area is 398 Å². The van der Waals surface area contributed by atoms with Crippen LogP contribution in [0.25, 0.3) is 0 Å². The minimum absolute atomic E-state index is 0.0175. The molecule has 0 aromatic rings. The number of hydrogen-bond donors (Lipinski definition) is 3. The van der Waals surface area contributed by atoms with Gasteiger partial charge in [0.1, 0.15) is 0 Å². The highest BCUT2D eigenvalue weighted by atomic mass is 16.5. The number of esters is 1. The molecular weight excluding hydrogens is 791 g/mol. The zero-order valence-electron chi connectivity index (χ0n) is 42.8. The van der Waals surface area contributed by atoms with Crippen molar-refractivity contribution in [1.82, 2.24) is 5.32 Å². The van der Waals surface area contributed by atoms with Crippen molar-refractivity contribution in [3.63, 3.8) is 0 Å². The zero-order chi connectivity index (χ0) is 46.5. The van der Waals surface area contributed by atoms with Crippen LogP contribution < -0.4 is 5.32 Å². The van der Waals surface area contributed by atoms with Crippen LogP contribution in [0.1, 0.15) is 296 Å². The first-order chi connectivity index (χ1) is 31.5. The monoisotopic (exact) mass is 900 g/mol. The number of aliphatic hydroxyl groups is 2. The summed E-state index contributed by atoms with van der Waals surface area (Å²) >= 11 is 0. The van der Waals surface area contributed by atoms with Gasteiger partial charge in [0.15, 0.2) is 0 Å². The van der Waals surface area contributed by atoms with Crippen LogP contribution in [0.2, 0.25) is 0 Å². The lowest BCUT2D eigenvalue weighted by atomic mass is 10.0. The molecule has 0 spiro atoms. The number of hydrogen-bond acceptors (Lipinski definition) is 5. The molecule has 376 valence electrons. The average molecular weight is 901 g/mol. The summed E-state index contributed by atoms with van der Waals surface area (Å²) < 4.78 is 5.46. The fourth-order valence-electron chi connectivity index (χ4n) is 8.55. The lowest BCUT2D eigenvalue weighted by Gasteiger charge is -2.20. The summed E-state index contributed by atoms with van der Waals surface area (Å²) in [5.74, 6) is -0.0954. The maximum Gasteiger partial charge on any atom is 0.305 e. The van der Waals surface area contributed by atoms with Crippen molar-refractivity contribution in [2.24, 2.45) is 0 Å². The van der Waals surface area contributed by atoms with E-state index in [4.69, 9.17) is 4.74 Å². The van der Waals surface area contributed by atoms with Gasteiger partial charge in [0, 0.05) is 12.8 Å². The number of rotatable bonds is 52. The molecule has 0 aliphatic heterocycles. The molecule has 6 nitrogen and oxygen atoms in total. The molecular formula is C58H109NO5. The van der Waals surface area contributed by atoms with Crippen molar-refractivity contribution in [3.8, 4) is 0 Å². The van der Waals surface area contributed by atoms with Crippen molar-refractivity contribution in [2.75, 3.05) is 13.2 Å². The number of allylic oxidation sites excluding steroid dienone is 5. The van der Waals surface area contributed by atoms with Gasteiger partial charge in [-0.15, -0.1) is 0 Å². The second kappa shape index (κ2) is 53.7. The van der Waals surface area contributed by atoms with Crippen molar-refractivity contribution in [1.29, 1.82) is 0 Å². The van der Waals surface area contributed by atoms with E-state index in [1.165, 1.54) is 205 Å². The van der Waals surface area contributed by atoms with E-state index in [9.17, 15) is 19.8 Å². The first-order valence-electron chi connectivity index (χ1n) is 28.3. The van der Waals surface area contributed by atoms with Crippen LogP contribution in [0.15, 0.2) is 36.5 Å². The lowest BCUT2D eigenvalue weighted by molar-refractivity contribution is -0.143. The number of carbonyl (C=O) groups is 2. The Morgan fingerprint density at radius 2 is 0.781 bits per heavy atom. The largest absolute Gasteiger partial charge is 0.466 e. The van der Waals surface area contributed by atoms with Crippen LogP contribution in [-0.4, -0.2) is 47.4 Å². The van der Waals surface area contributed by atoms with Gasteiger partial charge in [-0.1, -0.05) is 256 Å². The number of amides is 1. The van der Waals surface area contributed by atoms with E-state index in [0.29, 0.717) is 19.4 Å².